The topological polar surface area (TPSA) is 32.3 Å². The number of hydrogen-bond acceptors (Lipinski definition) is 2. The van der Waals surface area contributed by atoms with E-state index in [1.807, 2.05) is 13.8 Å². The predicted octanol–water partition coefficient (Wildman–Crippen LogP) is 2.34. The third-order valence-corrected chi connectivity index (χ3v) is 3.56. The second-order valence-electron chi connectivity index (χ2n) is 5.53. The first kappa shape index (κ1) is 12.7. The molecule has 0 fully saturated rings. The van der Waals surface area contributed by atoms with E-state index in [4.69, 9.17) is 0 Å². The highest BCUT2D eigenvalue weighted by Gasteiger charge is 2.24. The fourth-order valence-electron chi connectivity index (χ4n) is 2.18. The SMILES string of the molecule is CC1=CCC[C@H](C)[C@@H]1CNC(C)(C)CO. The Hall–Kier alpha value is -0.340. The van der Waals surface area contributed by atoms with Crippen LogP contribution in [0, 0.1) is 11.8 Å². The van der Waals surface area contributed by atoms with Crippen molar-refractivity contribution in [3.05, 3.63) is 11.6 Å². The van der Waals surface area contributed by atoms with Crippen LogP contribution < -0.4 is 5.32 Å². The van der Waals surface area contributed by atoms with Gasteiger partial charge in [0.1, 0.15) is 0 Å². The Morgan fingerprint density at radius 2 is 2.20 bits per heavy atom. The molecular weight excluding hydrogens is 186 g/mol. The minimum Gasteiger partial charge on any atom is -0.394 e. The van der Waals surface area contributed by atoms with Crippen LogP contribution in [0.15, 0.2) is 11.6 Å². The molecule has 0 amide bonds. The van der Waals surface area contributed by atoms with Gasteiger partial charge in [0.25, 0.3) is 0 Å². The molecule has 88 valence electrons. The number of nitrogens with one attached hydrogen (secondary N) is 1. The summed E-state index contributed by atoms with van der Waals surface area (Å²) < 4.78 is 0. The van der Waals surface area contributed by atoms with Gasteiger partial charge in [0.05, 0.1) is 6.61 Å². The lowest BCUT2D eigenvalue weighted by Crippen LogP contribution is -2.46. The largest absolute Gasteiger partial charge is 0.394 e. The van der Waals surface area contributed by atoms with Crippen molar-refractivity contribution in [2.24, 2.45) is 11.8 Å². The smallest absolute Gasteiger partial charge is 0.0607 e. The van der Waals surface area contributed by atoms with E-state index in [-0.39, 0.29) is 12.1 Å². The second kappa shape index (κ2) is 5.13. The van der Waals surface area contributed by atoms with Crippen LogP contribution in [0.1, 0.15) is 40.5 Å². The Morgan fingerprint density at radius 3 is 2.73 bits per heavy atom. The molecular formula is C13H25NO. The van der Waals surface area contributed by atoms with E-state index >= 15 is 0 Å². The van der Waals surface area contributed by atoms with Gasteiger partial charge in [-0.05, 0) is 45.4 Å². The number of allylic oxidation sites excluding steroid dienone is 1. The van der Waals surface area contributed by atoms with Crippen molar-refractivity contribution in [1.29, 1.82) is 0 Å². The van der Waals surface area contributed by atoms with E-state index in [1.54, 1.807) is 0 Å². The van der Waals surface area contributed by atoms with E-state index in [0.717, 1.165) is 12.5 Å². The maximum Gasteiger partial charge on any atom is 0.0607 e. The van der Waals surface area contributed by atoms with Crippen LogP contribution in [0.4, 0.5) is 0 Å². The van der Waals surface area contributed by atoms with Gasteiger partial charge in [-0.25, -0.2) is 0 Å². The lowest BCUT2D eigenvalue weighted by Gasteiger charge is -2.33. The minimum atomic E-state index is -0.155. The summed E-state index contributed by atoms with van der Waals surface area (Å²) in [5.74, 6) is 1.40. The van der Waals surface area contributed by atoms with Crippen LogP contribution in [0.3, 0.4) is 0 Å². The lowest BCUT2D eigenvalue weighted by molar-refractivity contribution is 0.178. The Morgan fingerprint density at radius 1 is 1.53 bits per heavy atom. The molecule has 0 heterocycles. The molecule has 0 aliphatic heterocycles. The zero-order chi connectivity index (χ0) is 11.5. The van der Waals surface area contributed by atoms with Gasteiger partial charge in [-0.3, -0.25) is 0 Å². The van der Waals surface area contributed by atoms with E-state index in [2.05, 4.69) is 25.2 Å². The monoisotopic (exact) mass is 211 g/mol. The summed E-state index contributed by atoms with van der Waals surface area (Å²) in [4.78, 5) is 0. The van der Waals surface area contributed by atoms with Gasteiger partial charge in [-0.1, -0.05) is 18.6 Å². The molecule has 0 spiro atoms. The average molecular weight is 211 g/mol. The summed E-state index contributed by atoms with van der Waals surface area (Å²) >= 11 is 0. The molecule has 0 aromatic rings. The predicted molar refractivity (Wildman–Crippen MR) is 64.8 cm³/mol. The number of rotatable bonds is 4. The quantitative estimate of drug-likeness (QED) is 0.700. The van der Waals surface area contributed by atoms with Gasteiger partial charge in [0.2, 0.25) is 0 Å². The average Bonchev–Trinajstić information content (AvgIpc) is 2.17. The lowest BCUT2D eigenvalue weighted by atomic mass is 9.80. The standard InChI is InChI=1S/C13H25NO/c1-10-6-5-7-11(2)12(10)8-14-13(3,4)9-15/h6,11-12,14-15H,5,7-9H2,1-4H3/t11-,12+/m0/s1. The van der Waals surface area contributed by atoms with Crippen LogP contribution in [0.25, 0.3) is 0 Å². The van der Waals surface area contributed by atoms with Gasteiger partial charge >= 0.3 is 0 Å². The summed E-state index contributed by atoms with van der Waals surface area (Å²) in [7, 11) is 0. The molecule has 0 aromatic heterocycles. The van der Waals surface area contributed by atoms with E-state index in [0.29, 0.717) is 5.92 Å². The van der Waals surface area contributed by atoms with Gasteiger partial charge in [-0.15, -0.1) is 0 Å². The molecule has 2 heteroatoms. The highest BCUT2D eigenvalue weighted by Crippen LogP contribution is 2.29. The maximum atomic E-state index is 9.18. The zero-order valence-corrected chi connectivity index (χ0v) is 10.5. The molecule has 0 saturated heterocycles. The fraction of sp³-hybridized carbons (Fsp3) is 0.846. The van der Waals surface area contributed by atoms with Crippen molar-refractivity contribution in [3.8, 4) is 0 Å². The Bertz CT molecular complexity index is 233. The molecule has 1 aliphatic carbocycles. The van der Waals surface area contributed by atoms with Crippen LogP contribution in [-0.4, -0.2) is 23.8 Å². The van der Waals surface area contributed by atoms with E-state index in [9.17, 15) is 5.11 Å². The molecule has 15 heavy (non-hydrogen) atoms. The first-order chi connectivity index (χ1) is 6.96. The summed E-state index contributed by atoms with van der Waals surface area (Å²) in [6.07, 6.45) is 4.88. The van der Waals surface area contributed by atoms with E-state index < -0.39 is 0 Å². The van der Waals surface area contributed by atoms with Crippen LogP contribution in [0.5, 0.6) is 0 Å². The summed E-state index contributed by atoms with van der Waals surface area (Å²) in [5, 5.41) is 12.6. The number of aliphatic hydroxyl groups excluding tert-OH is 1. The first-order valence-corrected chi connectivity index (χ1v) is 5.99. The van der Waals surface area contributed by atoms with Gasteiger partial charge in [0, 0.05) is 12.1 Å². The highest BCUT2D eigenvalue weighted by atomic mass is 16.3. The minimum absolute atomic E-state index is 0.155. The van der Waals surface area contributed by atoms with Crippen LogP contribution in [-0.2, 0) is 0 Å². The van der Waals surface area contributed by atoms with Crippen molar-refractivity contribution < 1.29 is 5.11 Å². The maximum absolute atomic E-state index is 9.18. The molecule has 0 saturated carbocycles. The normalized spacial score (nSPS) is 27.7. The summed E-state index contributed by atoms with van der Waals surface area (Å²) in [6, 6.07) is 0. The van der Waals surface area contributed by atoms with E-state index in [1.165, 1.54) is 18.4 Å². The Labute approximate surface area is 93.8 Å². The van der Waals surface area contributed by atoms with Crippen molar-refractivity contribution >= 4 is 0 Å². The van der Waals surface area contributed by atoms with Gasteiger partial charge < -0.3 is 10.4 Å². The van der Waals surface area contributed by atoms with Gasteiger partial charge in [0.15, 0.2) is 0 Å². The number of hydrogen-bond donors (Lipinski definition) is 2. The third kappa shape index (κ3) is 3.62. The summed E-state index contributed by atoms with van der Waals surface area (Å²) in [6.45, 7) is 9.82. The molecule has 0 unspecified atom stereocenters. The molecule has 1 aliphatic rings. The molecule has 0 aromatic carbocycles. The molecule has 2 N–H and O–H groups in total. The first-order valence-electron chi connectivity index (χ1n) is 5.99. The summed E-state index contributed by atoms with van der Waals surface area (Å²) in [5.41, 5.74) is 1.35. The molecule has 0 bridgehead atoms. The van der Waals surface area contributed by atoms with Crippen molar-refractivity contribution in [1.82, 2.24) is 5.32 Å². The molecule has 2 nitrogen and oxygen atoms in total. The Balaban J connectivity index is 2.50. The molecule has 0 radical (unpaired) electrons. The van der Waals surface area contributed by atoms with Gasteiger partial charge in [-0.2, -0.15) is 0 Å². The van der Waals surface area contributed by atoms with Crippen molar-refractivity contribution in [3.63, 3.8) is 0 Å². The third-order valence-electron chi connectivity index (χ3n) is 3.56. The highest BCUT2D eigenvalue weighted by molar-refractivity contribution is 5.09. The zero-order valence-electron chi connectivity index (χ0n) is 10.5. The van der Waals surface area contributed by atoms with Crippen molar-refractivity contribution in [2.75, 3.05) is 13.2 Å². The molecule has 1 rings (SSSR count). The van der Waals surface area contributed by atoms with Crippen LogP contribution >= 0.6 is 0 Å². The number of aliphatic hydroxyl groups is 1. The molecule has 2 atom stereocenters. The van der Waals surface area contributed by atoms with Crippen LogP contribution in [0.2, 0.25) is 0 Å². The Kier molecular flexibility index (Phi) is 4.35. The van der Waals surface area contributed by atoms with Crippen molar-refractivity contribution in [2.45, 2.75) is 46.1 Å². The second-order valence-corrected chi connectivity index (χ2v) is 5.53. The fourth-order valence-corrected chi connectivity index (χ4v) is 2.18.